The van der Waals surface area contributed by atoms with E-state index < -0.39 is 44.8 Å². The van der Waals surface area contributed by atoms with E-state index in [9.17, 15) is 30.0 Å². The number of hydrogen-bond donors (Lipinski definition) is 0. The smallest absolute Gasteiger partial charge is 0.245 e. The van der Waals surface area contributed by atoms with Gasteiger partial charge in [-0.15, -0.1) is 0 Å². The molecular formula is C9H18N2O7S3. The van der Waals surface area contributed by atoms with Crippen molar-refractivity contribution in [2.24, 2.45) is 0 Å². The minimum absolute atomic E-state index is 0.00540. The molecule has 21 heavy (non-hydrogen) atoms. The number of carbonyl (C=O) groups is 1. The number of hydrogen-bond acceptors (Lipinski definition) is 7. The van der Waals surface area contributed by atoms with Crippen LogP contribution in [0.3, 0.4) is 0 Å². The predicted octanol–water partition coefficient (Wildman–Crippen LogP) is -1.43. The zero-order valence-corrected chi connectivity index (χ0v) is 14.3. The van der Waals surface area contributed by atoms with E-state index in [0.29, 0.717) is 12.5 Å². The summed E-state index contributed by atoms with van der Waals surface area (Å²) in [5.74, 6) is -1.17. The van der Waals surface area contributed by atoms with Crippen molar-refractivity contribution in [2.75, 3.05) is 31.9 Å². The summed E-state index contributed by atoms with van der Waals surface area (Å²) in [4.78, 5) is 12.4. The summed E-state index contributed by atoms with van der Waals surface area (Å²) in [5, 5.41) is 0. The van der Waals surface area contributed by atoms with Crippen LogP contribution in [0.25, 0.3) is 0 Å². The molecule has 0 spiro atoms. The maximum Gasteiger partial charge on any atom is 0.245 e. The van der Waals surface area contributed by atoms with Gasteiger partial charge in [-0.2, -0.15) is 0 Å². The Labute approximate surface area is 125 Å². The van der Waals surface area contributed by atoms with Crippen LogP contribution in [-0.2, 0) is 34.9 Å². The van der Waals surface area contributed by atoms with E-state index in [1.54, 1.807) is 0 Å². The second-order valence-corrected chi connectivity index (χ2v) is 10.6. The molecule has 0 rings (SSSR count). The maximum atomic E-state index is 11.9. The lowest BCUT2D eigenvalue weighted by Gasteiger charge is -2.19. The molecule has 0 aromatic heterocycles. The van der Waals surface area contributed by atoms with Gasteiger partial charge in [0.1, 0.15) is 0 Å². The summed E-state index contributed by atoms with van der Waals surface area (Å²) >= 11 is 0. The monoisotopic (exact) mass is 362 g/mol. The molecule has 0 radical (unpaired) electrons. The molecule has 0 atom stereocenters. The lowest BCUT2D eigenvalue weighted by Crippen LogP contribution is -2.42. The van der Waals surface area contributed by atoms with Crippen LogP contribution in [0.15, 0.2) is 12.7 Å². The fraction of sp³-hybridized carbons (Fsp3) is 0.667. The van der Waals surface area contributed by atoms with Crippen LogP contribution in [-0.4, -0.2) is 71.0 Å². The molecule has 0 N–H and O–H groups in total. The van der Waals surface area contributed by atoms with Crippen LogP contribution in [0, 0.1) is 0 Å². The molecule has 0 unspecified atom stereocenters. The molecule has 0 aliphatic rings. The third kappa shape index (κ3) is 6.11. The van der Waals surface area contributed by atoms with Gasteiger partial charge in [0.15, 0.2) is 0 Å². The summed E-state index contributed by atoms with van der Waals surface area (Å²) in [6.45, 7) is 3.26. The molecule has 1 amide bonds. The highest BCUT2D eigenvalue weighted by Gasteiger charge is 2.38. The molecule has 0 saturated carbocycles. The van der Waals surface area contributed by atoms with Crippen molar-refractivity contribution < 1.29 is 30.0 Å². The van der Waals surface area contributed by atoms with E-state index >= 15 is 0 Å². The van der Waals surface area contributed by atoms with Crippen molar-refractivity contribution >= 4 is 36.0 Å². The molecule has 0 saturated heterocycles. The van der Waals surface area contributed by atoms with E-state index in [0.717, 1.165) is 6.08 Å². The van der Waals surface area contributed by atoms with Crippen molar-refractivity contribution in [2.45, 2.75) is 6.42 Å². The molecule has 0 aliphatic carbocycles. The van der Waals surface area contributed by atoms with E-state index in [-0.39, 0.29) is 13.0 Å². The van der Waals surface area contributed by atoms with Gasteiger partial charge in [0, 0.05) is 16.7 Å². The minimum Gasteiger partial charge on any atom is -0.342 e. The number of likely N-dealkylation sites (N-methyl/N-ethyl adjacent to an activating group) is 1. The van der Waals surface area contributed by atoms with Crippen LogP contribution in [0.5, 0.6) is 0 Å². The van der Waals surface area contributed by atoms with Gasteiger partial charge in [0.25, 0.3) is 0 Å². The zero-order valence-electron chi connectivity index (χ0n) is 11.9. The number of sulfonamides is 3. The molecule has 0 fully saturated rings. The molecule has 0 bridgehead atoms. The summed E-state index contributed by atoms with van der Waals surface area (Å²) in [5.41, 5.74) is 0. The van der Waals surface area contributed by atoms with Crippen LogP contribution in [0.1, 0.15) is 6.42 Å². The van der Waals surface area contributed by atoms with E-state index in [1.807, 2.05) is 0 Å². The summed E-state index contributed by atoms with van der Waals surface area (Å²) in [6, 6.07) is 0. The van der Waals surface area contributed by atoms with Crippen molar-refractivity contribution in [3.8, 4) is 0 Å². The first-order valence-electron chi connectivity index (χ1n) is 5.54. The average molecular weight is 362 g/mol. The van der Waals surface area contributed by atoms with Gasteiger partial charge < -0.3 is 4.90 Å². The highest BCUT2D eigenvalue weighted by molar-refractivity contribution is 8.17. The van der Waals surface area contributed by atoms with E-state index in [2.05, 4.69) is 6.58 Å². The Morgan fingerprint density at radius 1 is 1.05 bits per heavy atom. The largest absolute Gasteiger partial charge is 0.342 e. The Kier molecular flexibility index (Phi) is 6.53. The van der Waals surface area contributed by atoms with Gasteiger partial charge >= 0.3 is 0 Å². The number of nitrogens with zero attached hydrogens (tertiary/aromatic N) is 2. The van der Waals surface area contributed by atoms with Crippen LogP contribution >= 0.6 is 0 Å². The van der Waals surface area contributed by atoms with Gasteiger partial charge in [-0.05, 0) is 12.5 Å². The first-order chi connectivity index (χ1) is 9.23. The third-order valence-electron chi connectivity index (χ3n) is 2.22. The highest BCUT2D eigenvalue weighted by Crippen LogP contribution is 2.14. The average Bonchev–Trinajstić information content (AvgIpc) is 2.22. The van der Waals surface area contributed by atoms with E-state index in [1.165, 1.54) is 11.9 Å². The molecule has 9 nitrogen and oxygen atoms in total. The van der Waals surface area contributed by atoms with Crippen LogP contribution in [0.4, 0.5) is 0 Å². The lowest BCUT2D eigenvalue weighted by atomic mass is 10.4. The standard InChI is InChI=1S/C9H18N2O7S3/c1-5-9(12)10(2)7-6-8-21(17,18)11(19(3,13)14)20(4,15)16/h5H,1,6-8H2,2-4H3. The summed E-state index contributed by atoms with van der Waals surface area (Å²) in [6.07, 6.45) is 1.88. The second-order valence-electron chi connectivity index (χ2n) is 4.29. The first kappa shape index (κ1) is 20.0. The molecule has 0 aliphatic heterocycles. The third-order valence-corrected chi connectivity index (χ3v) is 9.17. The van der Waals surface area contributed by atoms with Crippen LogP contribution < -0.4 is 0 Å². The quantitative estimate of drug-likeness (QED) is 0.485. The van der Waals surface area contributed by atoms with Gasteiger partial charge in [-0.1, -0.05) is 6.58 Å². The Morgan fingerprint density at radius 3 is 1.81 bits per heavy atom. The van der Waals surface area contributed by atoms with Crippen molar-refractivity contribution in [3.05, 3.63) is 12.7 Å². The number of rotatable bonds is 8. The van der Waals surface area contributed by atoms with Crippen molar-refractivity contribution in [1.29, 1.82) is 0 Å². The number of amides is 1. The van der Waals surface area contributed by atoms with Gasteiger partial charge in [-0.3, -0.25) is 4.79 Å². The molecule has 124 valence electrons. The van der Waals surface area contributed by atoms with Gasteiger partial charge in [-0.25, -0.2) is 25.3 Å². The van der Waals surface area contributed by atoms with Gasteiger partial charge in [0.05, 0.1) is 18.3 Å². The summed E-state index contributed by atoms with van der Waals surface area (Å²) in [7, 11) is -12.2. The maximum absolute atomic E-state index is 11.9. The molecule has 0 aromatic carbocycles. The molecule has 0 aromatic rings. The Balaban J connectivity index is 5.14. The van der Waals surface area contributed by atoms with E-state index in [4.69, 9.17) is 0 Å². The van der Waals surface area contributed by atoms with Crippen molar-refractivity contribution in [1.82, 2.24) is 8.02 Å². The fourth-order valence-corrected chi connectivity index (χ4v) is 7.84. The Bertz CT molecular complexity index is 674. The zero-order chi connectivity index (χ0) is 17.1. The molecular weight excluding hydrogens is 344 g/mol. The topological polar surface area (TPSA) is 126 Å². The minimum atomic E-state index is -4.57. The normalized spacial score (nSPS) is 13.1. The van der Waals surface area contributed by atoms with Crippen LogP contribution in [0.2, 0.25) is 0 Å². The first-order valence-corrected chi connectivity index (χ1v) is 10.8. The Hall–Kier alpha value is -0.980. The SMILES string of the molecule is C=CC(=O)N(C)CCCS(=O)(=O)N(S(C)(=O)=O)S(C)(=O)=O. The molecule has 12 heteroatoms. The predicted molar refractivity (Wildman–Crippen MR) is 77.8 cm³/mol. The lowest BCUT2D eigenvalue weighted by molar-refractivity contribution is -0.124. The Morgan fingerprint density at radius 2 is 1.48 bits per heavy atom. The summed E-state index contributed by atoms with van der Waals surface area (Å²) < 4.78 is 68.7. The van der Waals surface area contributed by atoms with Crippen molar-refractivity contribution in [3.63, 3.8) is 0 Å². The second kappa shape index (κ2) is 6.85. The highest BCUT2D eigenvalue weighted by atomic mass is 32.3. The molecule has 0 heterocycles. The van der Waals surface area contributed by atoms with Gasteiger partial charge in [0.2, 0.25) is 36.0 Å². The number of carbonyl (C=O) groups excluding carboxylic acids is 1. The fourth-order valence-electron chi connectivity index (χ4n) is 1.48.